The van der Waals surface area contributed by atoms with Gasteiger partial charge in [-0.1, -0.05) is 22.5 Å². The first-order valence-electron chi connectivity index (χ1n) is 2.95. The number of nitrogen functional groups attached to an aromatic ring is 1. The monoisotopic (exact) mass is 214 g/mol. The van der Waals surface area contributed by atoms with Crippen LogP contribution in [0.3, 0.4) is 0 Å². The van der Waals surface area contributed by atoms with Gasteiger partial charge in [0.05, 0.1) is 5.56 Å². The summed E-state index contributed by atoms with van der Waals surface area (Å²) in [6.45, 7) is 3.56. The number of anilines is 1. The summed E-state index contributed by atoms with van der Waals surface area (Å²) in [5, 5.41) is 0. The highest BCUT2D eigenvalue weighted by atomic mass is 79.9. The zero-order valence-electron chi connectivity index (χ0n) is 5.73. The van der Waals surface area contributed by atoms with Crippen LogP contribution in [0.2, 0.25) is 0 Å². The van der Waals surface area contributed by atoms with Crippen LogP contribution in [0.5, 0.6) is 0 Å². The minimum atomic E-state index is -0.136. The topological polar surface area (TPSA) is 58.9 Å². The number of aromatic amines is 1. The Morgan fingerprint density at radius 1 is 1.73 bits per heavy atom. The highest BCUT2D eigenvalue weighted by Gasteiger charge is 2.04. The predicted octanol–water partition coefficient (Wildman–Crippen LogP) is 1.32. The highest BCUT2D eigenvalue weighted by Crippen LogP contribution is 2.18. The Bertz CT molecular complexity index is 343. The van der Waals surface area contributed by atoms with Crippen LogP contribution in [0.15, 0.2) is 23.6 Å². The Morgan fingerprint density at radius 3 is 2.73 bits per heavy atom. The molecule has 11 heavy (non-hydrogen) atoms. The highest BCUT2D eigenvalue weighted by molar-refractivity contribution is 9.15. The maximum Gasteiger partial charge on any atom is 0.192 e. The molecule has 0 saturated carbocycles. The number of aromatic nitrogens is 1. The predicted molar refractivity (Wildman–Crippen MR) is 49.4 cm³/mol. The first-order valence-corrected chi connectivity index (χ1v) is 3.74. The molecule has 3 nitrogen and oxygen atoms in total. The number of pyridine rings is 1. The van der Waals surface area contributed by atoms with Crippen LogP contribution >= 0.6 is 15.9 Å². The van der Waals surface area contributed by atoms with Gasteiger partial charge >= 0.3 is 0 Å². The number of hydrogen-bond donors (Lipinski definition) is 2. The van der Waals surface area contributed by atoms with Crippen molar-refractivity contribution in [1.29, 1.82) is 0 Å². The summed E-state index contributed by atoms with van der Waals surface area (Å²) in [4.78, 5) is 13.8. The van der Waals surface area contributed by atoms with E-state index < -0.39 is 0 Å². The fourth-order valence-corrected chi connectivity index (χ4v) is 1.18. The number of nitrogens with one attached hydrogen (secondary N) is 1. The van der Waals surface area contributed by atoms with E-state index >= 15 is 0 Å². The van der Waals surface area contributed by atoms with Crippen LogP contribution in [-0.4, -0.2) is 4.98 Å². The molecule has 58 valence electrons. The SMILES string of the molecule is C=C(Br)c1c(N)[nH]ccc1=O. The smallest absolute Gasteiger partial charge is 0.192 e. The van der Waals surface area contributed by atoms with Crippen molar-refractivity contribution in [2.75, 3.05) is 5.73 Å². The largest absolute Gasteiger partial charge is 0.385 e. The Labute approximate surface area is 72.1 Å². The second-order valence-corrected chi connectivity index (χ2v) is 2.99. The molecular weight excluding hydrogens is 208 g/mol. The first-order chi connectivity index (χ1) is 5.13. The molecule has 0 aliphatic heterocycles. The third kappa shape index (κ3) is 1.51. The molecule has 0 saturated heterocycles. The third-order valence-corrected chi connectivity index (χ3v) is 1.66. The molecule has 1 aromatic rings. The van der Waals surface area contributed by atoms with Gasteiger partial charge in [-0.25, -0.2) is 0 Å². The zero-order chi connectivity index (χ0) is 8.43. The van der Waals surface area contributed by atoms with Crippen molar-refractivity contribution in [2.45, 2.75) is 0 Å². The van der Waals surface area contributed by atoms with Gasteiger partial charge in [0, 0.05) is 16.7 Å². The lowest BCUT2D eigenvalue weighted by Gasteiger charge is -1.99. The molecule has 0 amide bonds. The number of H-pyrrole nitrogens is 1. The first kappa shape index (κ1) is 8.07. The molecule has 0 bridgehead atoms. The van der Waals surface area contributed by atoms with Gasteiger partial charge in [0.25, 0.3) is 0 Å². The number of halogens is 1. The molecule has 0 unspecified atom stereocenters. The van der Waals surface area contributed by atoms with Crippen molar-refractivity contribution in [3.63, 3.8) is 0 Å². The van der Waals surface area contributed by atoms with Crippen molar-refractivity contribution in [3.05, 3.63) is 34.6 Å². The van der Waals surface area contributed by atoms with Gasteiger partial charge in [-0.2, -0.15) is 0 Å². The van der Waals surface area contributed by atoms with Crippen LogP contribution < -0.4 is 11.2 Å². The fraction of sp³-hybridized carbons (Fsp3) is 0. The van der Waals surface area contributed by atoms with E-state index in [1.165, 1.54) is 12.3 Å². The molecule has 0 aliphatic rings. The number of hydrogen-bond acceptors (Lipinski definition) is 2. The second kappa shape index (κ2) is 2.92. The second-order valence-electron chi connectivity index (χ2n) is 2.04. The maximum absolute atomic E-state index is 11.1. The summed E-state index contributed by atoms with van der Waals surface area (Å²) in [7, 11) is 0. The molecule has 0 radical (unpaired) electrons. The van der Waals surface area contributed by atoms with E-state index in [-0.39, 0.29) is 5.43 Å². The summed E-state index contributed by atoms with van der Waals surface area (Å²) in [5.41, 5.74) is 5.74. The van der Waals surface area contributed by atoms with Crippen LogP contribution in [0.1, 0.15) is 5.56 Å². The molecule has 4 heteroatoms. The van der Waals surface area contributed by atoms with Gasteiger partial charge in [-0.15, -0.1) is 0 Å². The van der Waals surface area contributed by atoms with Gasteiger partial charge in [0.2, 0.25) is 0 Å². The normalized spacial score (nSPS) is 9.55. The van der Waals surface area contributed by atoms with E-state index in [9.17, 15) is 4.79 Å². The molecule has 0 spiro atoms. The lowest BCUT2D eigenvalue weighted by atomic mass is 10.2. The fourth-order valence-electron chi connectivity index (χ4n) is 0.775. The van der Waals surface area contributed by atoms with Crippen LogP contribution in [-0.2, 0) is 0 Å². The minimum Gasteiger partial charge on any atom is -0.385 e. The Kier molecular flexibility index (Phi) is 2.14. The Morgan fingerprint density at radius 2 is 2.36 bits per heavy atom. The lowest BCUT2D eigenvalue weighted by Crippen LogP contribution is -2.09. The quantitative estimate of drug-likeness (QED) is 0.742. The maximum atomic E-state index is 11.1. The number of rotatable bonds is 1. The molecule has 0 aliphatic carbocycles. The molecule has 1 rings (SSSR count). The molecule has 0 fully saturated rings. The van der Waals surface area contributed by atoms with Crippen molar-refractivity contribution < 1.29 is 0 Å². The lowest BCUT2D eigenvalue weighted by molar-refractivity contribution is 1.30. The summed E-state index contributed by atoms with van der Waals surface area (Å²) in [6.07, 6.45) is 1.50. The van der Waals surface area contributed by atoms with Crippen LogP contribution in [0, 0.1) is 0 Å². The zero-order valence-corrected chi connectivity index (χ0v) is 7.31. The van der Waals surface area contributed by atoms with Crippen LogP contribution in [0.25, 0.3) is 4.48 Å². The van der Waals surface area contributed by atoms with Gasteiger partial charge in [-0.3, -0.25) is 4.79 Å². The summed E-state index contributed by atoms with van der Waals surface area (Å²) < 4.78 is 0.497. The summed E-state index contributed by atoms with van der Waals surface area (Å²) in [5.74, 6) is 0.333. The van der Waals surface area contributed by atoms with E-state index in [1.54, 1.807) is 0 Å². The minimum absolute atomic E-state index is 0.136. The average molecular weight is 215 g/mol. The van der Waals surface area contributed by atoms with Gasteiger partial charge in [0.1, 0.15) is 5.82 Å². The van der Waals surface area contributed by atoms with Crippen LogP contribution in [0.4, 0.5) is 5.82 Å². The molecule has 0 aromatic carbocycles. The van der Waals surface area contributed by atoms with Crippen molar-refractivity contribution in [3.8, 4) is 0 Å². The molecule has 1 aromatic heterocycles. The van der Waals surface area contributed by atoms with Gasteiger partial charge < -0.3 is 10.7 Å². The Hall–Kier alpha value is -1.03. The standard InChI is InChI=1S/C7H7BrN2O/c1-4(8)6-5(11)2-3-10-7(6)9/h2-3H,1H2,(H3,9,10,11). The molecule has 3 N–H and O–H groups in total. The summed E-state index contributed by atoms with van der Waals surface area (Å²) >= 11 is 3.09. The van der Waals surface area contributed by atoms with E-state index in [0.29, 0.717) is 15.9 Å². The third-order valence-electron chi connectivity index (χ3n) is 1.26. The average Bonchev–Trinajstić information content (AvgIpc) is 1.85. The molecule has 1 heterocycles. The molecular formula is C7H7BrN2O. The summed E-state index contributed by atoms with van der Waals surface area (Å²) in [6, 6.07) is 1.40. The van der Waals surface area contributed by atoms with E-state index in [1.807, 2.05) is 0 Å². The molecule has 0 atom stereocenters. The van der Waals surface area contributed by atoms with Crippen molar-refractivity contribution in [2.24, 2.45) is 0 Å². The van der Waals surface area contributed by atoms with Gasteiger partial charge in [0.15, 0.2) is 5.43 Å². The van der Waals surface area contributed by atoms with Gasteiger partial charge in [-0.05, 0) is 0 Å². The van der Waals surface area contributed by atoms with Crippen molar-refractivity contribution in [1.82, 2.24) is 4.98 Å². The van der Waals surface area contributed by atoms with Crippen molar-refractivity contribution >= 4 is 26.2 Å². The van der Waals surface area contributed by atoms with E-state index in [0.717, 1.165) is 0 Å². The van der Waals surface area contributed by atoms with E-state index in [4.69, 9.17) is 5.73 Å². The van der Waals surface area contributed by atoms with E-state index in [2.05, 4.69) is 27.5 Å². The Balaban J connectivity index is 3.45. The number of nitrogens with two attached hydrogens (primary N) is 1.